The third kappa shape index (κ3) is 4.88. The molecular weight excluding hydrogens is 305 g/mol. The number of nitrogens with one attached hydrogen (secondary N) is 1. The van der Waals surface area contributed by atoms with Crippen molar-refractivity contribution in [1.29, 1.82) is 0 Å². The summed E-state index contributed by atoms with van der Waals surface area (Å²) in [5.41, 5.74) is 0.755. The highest BCUT2D eigenvalue weighted by atomic mass is 35.5. The second-order valence-electron chi connectivity index (χ2n) is 4.04. The number of benzene rings is 1. The lowest BCUT2D eigenvalue weighted by Crippen LogP contribution is -2.41. The van der Waals surface area contributed by atoms with E-state index in [9.17, 15) is 9.90 Å². The van der Waals surface area contributed by atoms with E-state index in [4.69, 9.17) is 23.2 Å². The van der Waals surface area contributed by atoms with E-state index in [0.717, 1.165) is 10.5 Å². The van der Waals surface area contributed by atoms with E-state index in [-0.39, 0.29) is 0 Å². The summed E-state index contributed by atoms with van der Waals surface area (Å²) >= 11 is 12.6. The van der Waals surface area contributed by atoms with Crippen molar-refractivity contribution in [3.63, 3.8) is 0 Å². The number of carbonyl (C=O) groups excluding carboxylic acids is 1. The Balaban J connectivity index is 2.76. The van der Waals surface area contributed by atoms with Crippen molar-refractivity contribution in [1.82, 2.24) is 5.32 Å². The van der Waals surface area contributed by atoms with Gasteiger partial charge < -0.3 is 10.4 Å². The van der Waals surface area contributed by atoms with Crippen molar-refractivity contribution in [3.05, 3.63) is 29.8 Å². The zero-order valence-corrected chi connectivity index (χ0v) is 13.1. The fourth-order valence-electron chi connectivity index (χ4n) is 1.68. The van der Waals surface area contributed by atoms with Gasteiger partial charge in [0.25, 0.3) is 5.91 Å². The number of hydrogen-bond donors (Lipinski definition) is 2. The Hall–Kier alpha value is -0.420. The van der Waals surface area contributed by atoms with Crippen molar-refractivity contribution in [2.45, 2.75) is 35.2 Å². The summed E-state index contributed by atoms with van der Waals surface area (Å²) < 4.78 is 0. The third-order valence-electron chi connectivity index (χ3n) is 2.80. The number of thioether (sulfide) groups is 1. The molecule has 0 aliphatic rings. The molecule has 1 aromatic rings. The summed E-state index contributed by atoms with van der Waals surface area (Å²) in [6, 6.07) is 7.16. The number of alkyl halides is 2. The molecule has 2 unspecified atom stereocenters. The number of aliphatic hydroxyl groups is 1. The van der Waals surface area contributed by atoms with Crippen LogP contribution in [-0.2, 0) is 4.79 Å². The van der Waals surface area contributed by atoms with Gasteiger partial charge in [0, 0.05) is 4.90 Å². The summed E-state index contributed by atoms with van der Waals surface area (Å²) in [7, 11) is 0. The summed E-state index contributed by atoms with van der Waals surface area (Å²) in [6.07, 6.45) is 1.79. The molecule has 3 nitrogen and oxygen atoms in total. The average molecular weight is 322 g/mol. The Bertz CT molecular complexity index is 412. The molecule has 0 aromatic heterocycles. The first kappa shape index (κ1) is 16.6. The van der Waals surface area contributed by atoms with Crippen molar-refractivity contribution >= 4 is 40.9 Å². The highest BCUT2D eigenvalue weighted by Crippen LogP contribution is 2.22. The largest absolute Gasteiger partial charge is 0.386 e. The Labute approximate surface area is 127 Å². The molecule has 106 valence electrons. The van der Waals surface area contributed by atoms with Gasteiger partial charge in [0.15, 0.2) is 4.84 Å². The zero-order chi connectivity index (χ0) is 14.4. The van der Waals surface area contributed by atoms with Crippen LogP contribution in [0.3, 0.4) is 0 Å². The number of halogens is 2. The number of hydrogen-bond acceptors (Lipinski definition) is 3. The van der Waals surface area contributed by atoms with Crippen LogP contribution in [0.1, 0.15) is 25.0 Å². The van der Waals surface area contributed by atoms with Gasteiger partial charge in [-0.2, -0.15) is 0 Å². The minimum absolute atomic E-state index is 0.410. The van der Waals surface area contributed by atoms with Crippen LogP contribution in [0.25, 0.3) is 0 Å². The first-order valence-corrected chi connectivity index (χ1v) is 7.99. The SMILES string of the molecule is CCC(NC(=O)C(Cl)Cl)C(O)c1ccc(SC)cc1. The molecule has 0 fully saturated rings. The van der Waals surface area contributed by atoms with Gasteiger partial charge in [0.2, 0.25) is 0 Å². The second kappa shape index (κ2) is 8.00. The quantitative estimate of drug-likeness (QED) is 0.625. The Kier molecular flexibility index (Phi) is 7.00. The van der Waals surface area contributed by atoms with E-state index < -0.39 is 22.9 Å². The number of carbonyl (C=O) groups is 1. The van der Waals surface area contributed by atoms with Crippen LogP contribution in [0, 0.1) is 0 Å². The van der Waals surface area contributed by atoms with E-state index in [1.807, 2.05) is 37.4 Å². The molecule has 1 rings (SSSR count). The van der Waals surface area contributed by atoms with E-state index >= 15 is 0 Å². The molecule has 1 amide bonds. The molecular formula is C13H17Cl2NO2S. The molecule has 0 aliphatic heterocycles. The molecule has 19 heavy (non-hydrogen) atoms. The van der Waals surface area contributed by atoms with Crippen molar-refractivity contribution in [3.8, 4) is 0 Å². The van der Waals surface area contributed by atoms with Gasteiger partial charge >= 0.3 is 0 Å². The lowest BCUT2D eigenvalue weighted by Gasteiger charge is -2.23. The third-order valence-corrected chi connectivity index (χ3v) is 3.94. The normalized spacial score (nSPS) is 14.2. The summed E-state index contributed by atoms with van der Waals surface area (Å²) in [5.74, 6) is -0.491. The Morgan fingerprint density at radius 1 is 1.37 bits per heavy atom. The molecule has 0 radical (unpaired) electrons. The van der Waals surface area contributed by atoms with E-state index in [1.54, 1.807) is 11.8 Å². The van der Waals surface area contributed by atoms with Gasteiger partial charge in [-0.05, 0) is 30.4 Å². The van der Waals surface area contributed by atoms with Crippen LogP contribution < -0.4 is 5.32 Å². The first-order chi connectivity index (χ1) is 8.99. The minimum Gasteiger partial charge on any atom is -0.386 e. The average Bonchev–Trinajstić information content (AvgIpc) is 2.43. The monoisotopic (exact) mass is 321 g/mol. The Morgan fingerprint density at radius 2 is 1.95 bits per heavy atom. The van der Waals surface area contributed by atoms with Crippen LogP contribution >= 0.6 is 35.0 Å². The maximum atomic E-state index is 11.5. The van der Waals surface area contributed by atoms with Gasteiger partial charge in [-0.1, -0.05) is 42.3 Å². The molecule has 0 saturated heterocycles. The van der Waals surface area contributed by atoms with Crippen LogP contribution in [0.4, 0.5) is 0 Å². The lowest BCUT2D eigenvalue weighted by atomic mass is 10.0. The minimum atomic E-state index is -1.12. The lowest BCUT2D eigenvalue weighted by molar-refractivity contribution is -0.121. The van der Waals surface area contributed by atoms with Crippen LogP contribution in [0.5, 0.6) is 0 Å². The van der Waals surface area contributed by atoms with Crippen molar-refractivity contribution < 1.29 is 9.90 Å². The summed E-state index contributed by atoms with van der Waals surface area (Å²) in [5, 5.41) is 12.9. The molecule has 0 spiro atoms. The maximum Gasteiger partial charge on any atom is 0.253 e. The topological polar surface area (TPSA) is 49.3 Å². The highest BCUT2D eigenvalue weighted by molar-refractivity contribution is 7.98. The molecule has 0 aliphatic carbocycles. The number of aliphatic hydroxyl groups excluding tert-OH is 1. The number of rotatable bonds is 6. The van der Waals surface area contributed by atoms with Crippen molar-refractivity contribution in [2.24, 2.45) is 0 Å². The van der Waals surface area contributed by atoms with Crippen LogP contribution in [0.2, 0.25) is 0 Å². The van der Waals surface area contributed by atoms with E-state index in [0.29, 0.717) is 6.42 Å². The molecule has 0 bridgehead atoms. The fraction of sp³-hybridized carbons (Fsp3) is 0.462. The smallest absolute Gasteiger partial charge is 0.253 e. The Morgan fingerprint density at radius 3 is 2.37 bits per heavy atom. The molecule has 0 saturated carbocycles. The molecule has 2 atom stereocenters. The molecule has 1 aromatic carbocycles. The van der Waals surface area contributed by atoms with E-state index in [2.05, 4.69) is 5.32 Å². The van der Waals surface area contributed by atoms with Gasteiger partial charge in [-0.15, -0.1) is 11.8 Å². The first-order valence-electron chi connectivity index (χ1n) is 5.90. The predicted octanol–water partition coefficient (Wildman–Crippen LogP) is 3.14. The van der Waals surface area contributed by atoms with E-state index in [1.165, 1.54) is 0 Å². The summed E-state index contributed by atoms with van der Waals surface area (Å²) in [6.45, 7) is 1.88. The molecule has 6 heteroatoms. The predicted molar refractivity (Wildman–Crippen MR) is 80.9 cm³/mol. The highest BCUT2D eigenvalue weighted by Gasteiger charge is 2.23. The summed E-state index contributed by atoms with van der Waals surface area (Å²) in [4.78, 5) is 11.5. The van der Waals surface area contributed by atoms with Gasteiger partial charge in [-0.25, -0.2) is 0 Å². The van der Waals surface area contributed by atoms with Crippen LogP contribution in [0.15, 0.2) is 29.2 Å². The van der Waals surface area contributed by atoms with Gasteiger partial charge in [-0.3, -0.25) is 4.79 Å². The van der Waals surface area contributed by atoms with Crippen molar-refractivity contribution in [2.75, 3.05) is 6.26 Å². The fourth-order valence-corrected chi connectivity index (χ4v) is 2.22. The second-order valence-corrected chi connectivity index (χ2v) is 6.02. The zero-order valence-electron chi connectivity index (χ0n) is 10.8. The number of amides is 1. The molecule has 2 N–H and O–H groups in total. The van der Waals surface area contributed by atoms with Gasteiger partial charge in [0.05, 0.1) is 12.1 Å². The van der Waals surface area contributed by atoms with Gasteiger partial charge in [0.1, 0.15) is 0 Å². The van der Waals surface area contributed by atoms with Crippen LogP contribution in [-0.4, -0.2) is 28.1 Å². The standard InChI is InChI=1S/C13H17Cl2NO2S/c1-3-10(16-13(18)12(14)15)11(17)8-4-6-9(19-2)7-5-8/h4-7,10-12,17H,3H2,1-2H3,(H,16,18). The molecule has 0 heterocycles. The maximum absolute atomic E-state index is 11.5.